The molecule has 1 saturated carbocycles. The number of carbonyl (C=O) groups is 1. The second kappa shape index (κ2) is 12.7. The molecule has 2 aromatic rings. The van der Waals surface area contributed by atoms with Gasteiger partial charge in [-0.25, -0.2) is 9.97 Å². The summed E-state index contributed by atoms with van der Waals surface area (Å²) in [7, 11) is 0. The Kier molecular flexibility index (Phi) is 8.89. The number of hydrogen-bond donors (Lipinski definition) is 1. The molecule has 3 aliphatic rings. The van der Waals surface area contributed by atoms with E-state index in [1.807, 2.05) is 13.1 Å². The zero-order chi connectivity index (χ0) is 25.5. The lowest BCUT2D eigenvalue weighted by atomic mass is 9.84. The molecule has 2 saturated heterocycles. The van der Waals surface area contributed by atoms with Crippen molar-refractivity contribution in [3.63, 3.8) is 0 Å². The van der Waals surface area contributed by atoms with E-state index in [0.717, 1.165) is 94.1 Å². The highest BCUT2D eigenvalue weighted by atomic mass is 16.5. The summed E-state index contributed by atoms with van der Waals surface area (Å²) in [5.41, 5.74) is 2.11. The van der Waals surface area contributed by atoms with E-state index in [1.165, 1.54) is 25.8 Å². The van der Waals surface area contributed by atoms with E-state index < -0.39 is 0 Å². The lowest BCUT2D eigenvalue weighted by Crippen LogP contribution is -2.47. The van der Waals surface area contributed by atoms with Crippen LogP contribution in [0.4, 0.5) is 11.6 Å². The Balaban J connectivity index is 1.09. The number of rotatable bonds is 8. The lowest BCUT2D eigenvalue weighted by Gasteiger charge is -2.37. The van der Waals surface area contributed by atoms with Crippen LogP contribution in [-0.4, -0.2) is 85.8 Å². The first-order valence-corrected chi connectivity index (χ1v) is 14.2. The Morgan fingerprint density at radius 2 is 1.73 bits per heavy atom. The second-order valence-corrected chi connectivity index (χ2v) is 10.6. The van der Waals surface area contributed by atoms with Crippen molar-refractivity contribution in [3.05, 3.63) is 36.5 Å². The van der Waals surface area contributed by atoms with Crippen molar-refractivity contribution in [2.45, 2.75) is 51.5 Å². The Labute approximate surface area is 221 Å². The van der Waals surface area contributed by atoms with Gasteiger partial charge < -0.3 is 19.9 Å². The van der Waals surface area contributed by atoms with Gasteiger partial charge in [-0.1, -0.05) is 13.0 Å². The molecule has 1 N–H and O–H groups in total. The quantitative estimate of drug-likeness (QED) is 0.587. The summed E-state index contributed by atoms with van der Waals surface area (Å²) in [6, 6.07) is 10.9. The number of aromatic nitrogens is 2. The molecule has 8 heteroatoms. The number of amides is 1. The lowest BCUT2D eigenvalue weighted by molar-refractivity contribution is -0.121. The van der Waals surface area contributed by atoms with Crippen molar-refractivity contribution < 1.29 is 9.53 Å². The highest BCUT2D eigenvalue weighted by Gasteiger charge is 2.24. The molecule has 0 aromatic carbocycles. The normalized spacial score (nSPS) is 23.2. The molecule has 3 fully saturated rings. The predicted octanol–water partition coefficient (Wildman–Crippen LogP) is 3.58. The molecular formula is C29H42N6O2. The molecule has 2 aliphatic heterocycles. The van der Waals surface area contributed by atoms with Gasteiger partial charge in [0.05, 0.1) is 18.9 Å². The van der Waals surface area contributed by atoms with Gasteiger partial charge >= 0.3 is 0 Å². The zero-order valence-electron chi connectivity index (χ0n) is 22.3. The maximum atomic E-state index is 11.7. The topological polar surface area (TPSA) is 73.8 Å². The first-order valence-electron chi connectivity index (χ1n) is 14.2. The average Bonchev–Trinajstić information content (AvgIpc) is 2.97. The molecule has 0 radical (unpaired) electrons. The van der Waals surface area contributed by atoms with E-state index in [-0.39, 0.29) is 5.91 Å². The largest absolute Gasteiger partial charge is 0.378 e. The maximum Gasteiger partial charge on any atom is 0.219 e. The minimum absolute atomic E-state index is 0.194. The van der Waals surface area contributed by atoms with Crippen molar-refractivity contribution in [1.29, 1.82) is 0 Å². The summed E-state index contributed by atoms with van der Waals surface area (Å²) < 4.78 is 5.49. The minimum Gasteiger partial charge on any atom is -0.378 e. The van der Waals surface area contributed by atoms with Gasteiger partial charge in [0.25, 0.3) is 0 Å². The third-order valence-corrected chi connectivity index (χ3v) is 8.19. The fraction of sp³-hybridized carbons (Fsp3) is 0.621. The van der Waals surface area contributed by atoms with E-state index in [1.54, 1.807) is 0 Å². The zero-order valence-corrected chi connectivity index (χ0v) is 22.3. The van der Waals surface area contributed by atoms with Crippen LogP contribution in [0, 0.1) is 5.92 Å². The van der Waals surface area contributed by atoms with Crippen LogP contribution < -0.4 is 15.1 Å². The van der Waals surface area contributed by atoms with Crippen molar-refractivity contribution in [3.8, 4) is 11.3 Å². The fourth-order valence-electron chi connectivity index (χ4n) is 5.79. The molecule has 0 bridgehead atoms. The van der Waals surface area contributed by atoms with Crippen LogP contribution >= 0.6 is 0 Å². The highest BCUT2D eigenvalue weighted by Crippen LogP contribution is 2.28. The van der Waals surface area contributed by atoms with Gasteiger partial charge in [-0.3, -0.25) is 9.69 Å². The molecule has 4 heterocycles. The summed E-state index contributed by atoms with van der Waals surface area (Å²) in [6.45, 7) is 10.6. The van der Waals surface area contributed by atoms with E-state index in [0.29, 0.717) is 12.5 Å². The Morgan fingerprint density at radius 1 is 0.973 bits per heavy atom. The third-order valence-electron chi connectivity index (χ3n) is 8.19. The van der Waals surface area contributed by atoms with E-state index >= 15 is 0 Å². The number of carbonyl (C=O) groups excluding carboxylic acids is 1. The van der Waals surface area contributed by atoms with Gasteiger partial charge in [-0.05, 0) is 68.8 Å². The van der Waals surface area contributed by atoms with Crippen LogP contribution in [0.15, 0.2) is 36.5 Å². The monoisotopic (exact) mass is 506 g/mol. The summed E-state index contributed by atoms with van der Waals surface area (Å²) in [4.78, 5) is 28.6. The maximum absolute atomic E-state index is 11.7. The molecule has 0 spiro atoms. The Morgan fingerprint density at radius 3 is 2.49 bits per heavy atom. The number of nitrogens with zero attached hydrogens (tertiary/aromatic N) is 5. The fourth-order valence-corrected chi connectivity index (χ4v) is 5.79. The van der Waals surface area contributed by atoms with Crippen LogP contribution in [0.2, 0.25) is 0 Å². The van der Waals surface area contributed by atoms with Crippen molar-refractivity contribution >= 4 is 17.5 Å². The van der Waals surface area contributed by atoms with Crippen LogP contribution in [0.1, 0.15) is 45.4 Å². The van der Waals surface area contributed by atoms with Gasteiger partial charge in [0.15, 0.2) is 0 Å². The Hall–Kier alpha value is -2.71. The number of piperazine rings is 1. The van der Waals surface area contributed by atoms with Crippen LogP contribution in [-0.2, 0) is 9.53 Å². The number of pyridine rings is 2. The molecule has 0 unspecified atom stereocenters. The van der Waals surface area contributed by atoms with Crippen LogP contribution in [0.5, 0.6) is 0 Å². The predicted molar refractivity (Wildman–Crippen MR) is 148 cm³/mol. The smallest absolute Gasteiger partial charge is 0.219 e. The molecule has 5 rings (SSSR count). The van der Waals surface area contributed by atoms with Gasteiger partial charge in [0.2, 0.25) is 5.91 Å². The minimum atomic E-state index is 0.194. The van der Waals surface area contributed by atoms with Crippen molar-refractivity contribution in [1.82, 2.24) is 20.2 Å². The Bertz CT molecular complexity index is 1010. The average molecular weight is 507 g/mol. The standard InChI is InChI=1S/C29H42N6O2/c1-2-29(36)31-25-8-6-23(7-9-25)11-13-33-14-16-34(17-15-33)28-22-24(10-12-30-28)26-4-3-5-27(32-26)35-18-20-37-21-19-35/h3-5,10,12,22-23,25H,2,6-9,11,13-21H2,1H3,(H,31,36)/t23-,25-. The summed E-state index contributed by atoms with van der Waals surface area (Å²) in [6.07, 6.45) is 8.53. The van der Waals surface area contributed by atoms with E-state index in [2.05, 4.69) is 50.3 Å². The first kappa shape index (κ1) is 25.9. The number of anilines is 2. The molecule has 8 nitrogen and oxygen atoms in total. The first-order chi connectivity index (χ1) is 18.2. The molecule has 200 valence electrons. The number of nitrogens with one attached hydrogen (secondary N) is 1. The molecule has 37 heavy (non-hydrogen) atoms. The molecule has 2 aromatic heterocycles. The highest BCUT2D eigenvalue weighted by molar-refractivity contribution is 5.75. The number of ether oxygens (including phenoxy) is 1. The second-order valence-electron chi connectivity index (χ2n) is 10.6. The van der Waals surface area contributed by atoms with Gasteiger partial charge in [0.1, 0.15) is 11.6 Å². The molecule has 1 aliphatic carbocycles. The van der Waals surface area contributed by atoms with E-state index in [4.69, 9.17) is 14.7 Å². The molecule has 1 amide bonds. The van der Waals surface area contributed by atoms with Crippen LogP contribution in [0.3, 0.4) is 0 Å². The molecule has 0 atom stereocenters. The van der Waals surface area contributed by atoms with E-state index in [9.17, 15) is 4.79 Å². The SMILES string of the molecule is CCC(=O)N[C@H]1CC[C@H](CCN2CCN(c3cc(-c4cccc(N5CCOCC5)n4)ccn3)CC2)CC1. The third kappa shape index (κ3) is 6.99. The van der Waals surface area contributed by atoms with Crippen LogP contribution in [0.25, 0.3) is 11.3 Å². The summed E-state index contributed by atoms with van der Waals surface area (Å²) in [5.74, 6) is 3.06. The van der Waals surface area contributed by atoms with Gasteiger partial charge in [0, 0.05) is 63.5 Å². The van der Waals surface area contributed by atoms with Crippen molar-refractivity contribution in [2.75, 3.05) is 68.8 Å². The van der Waals surface area contributed by atoms with Gasteiger partial charge in [-0.15, -0.1) is 0 Å². The summed E-state index contributed by atoms with van der Waals surface area (Å²) in [5, 5.41) is 3.18. The van der Waals surface area contributed by atoms with Gasteiger partial charge in [-0.2, -0.15) is 0 Å². The number of morpholine rings is 1. The van der Waals surface area contributed by atoms with Crippen molar-refractivity contribution in [2.24, 2.45) is 5.92 Å². The molecular weight excluding hydrogens is 464 g/mol. The summed E-state index contributed by atoms with van der Waals surface area (Å²) >= 11 is 0. The number of hydrogen-bond acceptors (Lipinski definition) is 7.